The van der Waals surface area contributed by atoms with Gasteiger partial charge in [0.15, 0.2) is 0 Å². The van der Waals surface area contributed by atoms with Gasteiger partial charge in [0.05, 0.1) is 6.42 Å². The third-order valence-electron chi connectivity index (χ3n) is 7.37. The highest BCUT2D eigenvalue weighted by atomic mass is 16.5. The molecule has 2 amide bonds. The average molecular weight is 543 g/mol. The van der Waals surface area contributed by atoms with Crippen molar-refractivity contribution >= 4 is 23.9 Å². The highest BCUT2D eigenvalue weighted by molar-refractivity contribution is 5.92. The zero-order valence-electron chi connectivity index (χ0n) is 21.8. The summed E-state index contributed by atoms with van der Waals surface area (Å²) in [5, 5.41) is 12.1. The Balaban J connectivity index is 1.27. The summed E-state index contributed by atoms with van der Waals surface area (Å²) >= 11 is 0. The van der Waals surface area contributed by atoms with Gasteiger partial charge >= 0.3 is 18.0 Å². The molecule has 1 aliphatic carbocycles. The zero-order chi connectivity index (χ0) is 28.1. The summed E-state index contributed by atoms with van der Waals surface area (Å²) in [6.45, 7) is 0.255. The minimum Gasteiger partial charge on any atom is -0.480 e. The molecule has 0 unspecified atom stereocenters. The summed E-state index contributed by atoms with van der Waals surface area (Å²) in [7, 11) is 0. The number of nitrogens with one attached hydrogen (secondary N) is 1. The van der Waals surface area contributed by atoms with Crippen molar-refractivity contribution in [1.82, 2.24) is 10.2 Å². The topological polar surface area (TPSA) is 122 Å². The van der Waals surface area contributed by atoms with E-state index in [1.807, 2.05) is 66.7 Å². The van der Waals surface area contributed by atoms with Crippen LogP contribution in [0.1, 0.15) is 41.9 Å². The van der Waals surface area contributed by atoms with Crippen LogP contribution < -0.4 is 5.32 Å². The number of ether oxygens (including phenoxy) is 2. The molecule has 0 radical (unpaired) electrons. The fraction of sp³-hybridized carbons (Fsp3) is 0.290. The van der Waals surface area contributed by atoms with E-state index in [0.717, 1.165) is 27.8 Å². The van der Waals surface area contributed by atoms with Crippen molar-refractivity contribution < 1.29 is 33.8 Å². The Hall–Kier alpha value is -4.66. The SMILES string of the molecule is O=C(C[C@H](NC(=O)OCC1c2ccccc2-c2ccccc21)C(=O)N1CCC[C@@H]1C(=O)O)OCc1ccccc1. The van der Waals surface area contributed by atoms with Crippen molar-refractivity contribution in [2.24, 2.45) is 0 Å². The van der Waals surface area contributed by atoms with E-state index in [2.05, 4.69) is 5.32 Å². The number of benzene rings is 3. The number of fused-ring (bicyclic) bond motifs is 3. The Morgan fingerprint density at radius 1 is 0.875 bits per heavy atom. The lowest BCUT2D eigenvalue weighted by atomic mass is 9.98. The molecule has 0 spiro atoms. The predicted octanol–water partition coefficient (Wildman–Crippen LogP) is 4.10. The second-order valence-corrected chi connectivity index (χ2v) is 9.90. The van der Waals surface area contributed by atoms with Gasteiger partial charge in [-0.25, -0.2) is 9.59 Å². The molecule has 0 bridgehead atoms. The summed E-state index contributed by atoms with van der Waals surface area (Å²) in [5.41, 5.74) is 5.00. The van der Waals surface area contributed by atoms with Gasteiger partial charge in [-0.2, -0.15) is 0 Å². The number of carboxylic acid groups (broad SMARTS) is 1. The van der Waals surface area contributed by atoms with Gasteiger partial charge in [0.1, 0.15) is 25.3 Å². The molecule has 1 heterocycles. The maximum Gasteiger partial charge on any atom is 0.407 e. The molecule has 9 nitrogen and oxygen atoms in total. The van der Waals surface area contributed by atoms with Crippen molar-refractivity contribution in [1.29, 1.82) is 0 Å². The molecule has 1 aliphatic heterocycles. The Bertz CT molecular complexity index is 1360. The van der Waals surface area contributed by atoms with Gasteiger partial charge in [0, 0.05) is 12.5 Å². The van der Waals surface area contributed by atoms with E-state index in [0.29, 0.717) is 12.8 Å². The third-order valence-corrected chi connectivity index (χ3v) is 7.37. The van der Waals surface area contributed by atoms with Gasteiger partial charge in [-0.15, -0.1) is 0 Å². The molecule has 2 aliphatic rings. The molecule has 40 heavy (non-hydrogen) atoms. The van der Waals surface area contributed by atoms with Crippen LogP contribution in [-0.2, 0) is 30.5 Å². The zero-order valence-corrected chi connectivity index (χ0v) is 21.8. The van der Waals surface area contributed by atoms with Gasteiger partial charge in [-0.1, -0.05) is 78.9 Å². The maximum absolute atomic E-state index is 13.4. The first kappa shape index (κ1) is 26.9. The van der Waals surface area contributed by atoms with E-state index in [1.165, 1.54) is 4.90 Å². The van der Waals surface area contributed by atoms with E-state index >= 15 is 0 Å². The highest BCUT2D eigenvalue weighted by Crippen LogP contribution is 2.44. The molecular weight excluding hydrogens is 512 g/mol. The molecule has 9 heteroatoms. The molecule has 206 valence electrons. The highest BCUT2D eigenvalue weighted by Gasteiger charge is 2.39. The van der Waals surface area contributed by atoms with Crippen LogP contribution in [0, 0.1) is 0 Å². The molecule has 3 aromatic carbocycles. The van der Waals surface area contributed by atoms with E-state index in [4.69, 9.17) is 9.47 Å². The lowest BCUT2D eigenvalue weighted by molar-refractivity contribution is -0.151. The maximum atomic E-state index is 13.4. The summed E-state index contributed by atoms with van der Waals surface area (Å²) in [6, 6.07) is 22.5. The quantitative estimate of drug-likeness (QED) is 0.390. The van der Waals surface area contributed by atoms with Crippen molar-refractivity contribution in [2.75, 3.05) is 13.2 Å². The van der Waals surface area contributed by atoms with E-state index in [-0.39, 0.29) is 25.7 Å². The first-order valence-electron chi connectivity index (χ1n) is 13.3. The number of alkyl carbamates (subject to hydrolysis) is 1. The number of carbonyl (C=O) groups is 4. The van der Waals surface area contributed by atoms with Gasteiger partial charge in [-0.3, -0.25) is 9.59 Å². The molecule has 2 atom stereocenters. The lowest BCUT2D eigenvalue weighted by Gasteiger charge is -2.27. The summed E-state index contributed by atoms with van der Waals surface area (Å²) in [6.07, 6.45) is -0.517. The van der Waals surface area contributed by atoms with Gasteiger partial charge in [-0.05, 0) is 40.7 Å². The van der Waals surface area contributed by atoms with E-state index in [9.17, 15) is 24.3 Å². The minimum atomic E-state index is -1.33. The van der Waals surface area contributed by atoms with Gasteiger partial charge in [0.25, 0.3) is 0 Å². The Labute approximate surface area is 231 Å². The number of hydrogen-bond donors (Lipinski definition) is 2. The Morgan fingerprint density at radius 2 is 1.50 bits per heavy atom. The molecule has 0 saturated carbocycles. The number of carbonyl (C=O) groups excluding carboxylic acids is 3. The number of amides is 2. The van der Waals surface area contributed by atoms with Gasteiger partial charge in [0.2, 0.25) is 5.91 Å². The Morgan fingerprint density at radius 3 is 2.15 bits per heavy atom. The van der Waals surface area contributed by atoms with Crippen molar-refractivity contribution in [3.63, 3.8) is 0 Å². The first-order chi connectivity index (χ1) is 19.4. The number of nitrogens with zero attached hydrogens (tertiary/aromatic N) is 1. The van der Waals surface area contributed by atoms with Crippen LogP contribution in [0.25, 0.3) is 11.1 Å². The molecule has 3 aromatic rings. The first-order valence-corrected chi connectivity index (χ1v) is 13.3. The molecule has 1 fully saturated rings. The van der Waals surface area contributed by atoms with E-state index < -0.39 is 42.4 Å². The molecule has 2 N–H and O–H groups in total. The normalized spacial score (nSPS) is 16.5. The summed E-state index contributed by atoms with van der Waals surface area (Å²) < 4.78 is 10.9. The average Bonchev–Trinajstić information content (AvgIpc) is 3.59. The second kappa shape index (κ2) is 12.0. The Kier molecular flexibility index (Phi) is 8.10. The molecule has 5 rings (SSSR count). The van der Waals surface area contributed by atoms with Crippen LogP contribution in [0.4, 0.5) is 4.79 Å². The molecule has 1 saturated heterocycles. The van der Waals surface area contributed by atoms with Crippen molar-refractivity contribution in [2.45, 2.75) is 43.9 Å². The summed E-state index contributed by atoms with van der Waals surface area (Å²) in [5.74, 6) is -2.67. The number of rotatable bonds is 9. The van der Waals surface area contributed by atoms with E-state index in [1.54, 1.807) is 12.1 Å². The number of hydrogen-bond acceptors (Lipinski definition) is 6. The van der Waals surface area contributed by atoms with Crippen LogP contribution in [-0.4, -0.2) is 59.2 Å². The number of likely N-dealkylation sites (tertiary alicyclic amines) is 1. The standard InChI is InChI=1S/C31H30N2O7/c34-28(39-18-20-9-2-1-3-10-20)17-26(29(35)33-16-8-15-27(33)30(36)37)32-31(38)40-19-25-23-13-6-4-11-21(23)22-12-5-7-14-24(22)25/h1-7,9-14,25-27H,8,15-19H2,(H,32,38)(H,36,37)/t26-,27+/m0/s1. The van der Waals surface area contributed by atoms with Crippen molar-refractivity contribution in [3.05, 3.63) is 95.6 Å². The molecular formula is C31H30N2O7. The predicted molar refractivity (Wildman–Crippen MR) is 145 cm³/mol. The summed E-state index contributed by atoms with van der Waals surface area (Å²) in [4.78, 5) is 51.9. The van der Waals surface area contributed by atoms with Crippen LogP contribution in [0.15, 0.2) is 78.9 Å². The lowest BCUT2D eigenvalue weighted by Crippen LogP contribution is -2.52. The number of aliphatic carboxylic acids is 1. The second-order valence-electron chi connectivity index (χ2n) is 9.90. The van der Waals surface area contributed by atoms with Crippen LogP contribution >= 0.6 is 0 Å². The van der Waals surface area contributed by atoms with Crippen molar-refractivity contribution in [3.8, 4) is 11.1 Å². The fourth-order valence-corrected chi connectivity index (χ4v) is 5.43. The van der Waals surface area contributed by atoms with Crippen LogP contribution in [0.5, 0.6) is 0 Å². The third kappa shape index (κ3) is 5.83. The molecule has 0 aromatic heterocycles. The smallest absolute Gasteiger partial charge is 0.407 e. The monoisotopic (exact) mass is 542 g/mol. The minimum absolute atomic E-state index is 0.00694. The van der Waals surface area contributed by atoms with Crippen LogP contribution in [0.2, 0.25) is 0 Å². The number of esters is 1. The van der Waals surface area contributed by atoms with Gasteiger partial charge < -0.3 is 24.8 Å². The fourth-order valence-electron chi connectivity index (χ4n) is 5.43. The largest absolute Gasteiger partial charge is 0.480 e. The van der Waals surface area contributed by atoms with Crippen LogP contribution in [0.3, 0.4) is 0 Å². The number of carboxylic acids is 1.